The number of amides is 1. The van der Waals surface area contributed by atoms with Crippen LogP contribution in [0.3, 0.4) is 0 Å². The van der Waals surface area contributed by atoms with E-state index in [1.807, 2.05) is 24.3 Å². The largest absolute Gasteiger partial charge is 0.372 e. The summed E-state index contributed by atoms with van der Waals surface area (Å²) in [6.07, 6.45) is 5.40. The summed E-state index contributed by atoms with van der Waals surface area (Å²) in [6, 6.07) is 12.5. The first-order valence-corrected chi connectivity index (χ1v) is 12.9. The molecule has 0 spiro atoms. The molecule has 168 valence electrons. The van der Waals surface area contributed by atoms with E-state index in [0.717, 1.165) is 25.0 Å². The Labute approximate surface area is 194 Å². The number of hydrogen-bond acceptors (Lipinski definition) is 4. The molecule has 31 heavy (non-hydrogen) atoms. The van der Waals surface area contributed by atoms with Gasteiger partial charge in [0.15, 0.2) is 0 Å². The highest BCUT2D eigenvalue weighted by molar-refractivity contribution is 7.92. The topological polar surface area (TPSA) is 69.7 Å². The summed E-state index contributed by atoms with van der Waals surface area (Å²) in [7, 11) is -3.52. The molecule has 0 aromatic heterocycles. The van der Waals surface area contributed by atoms with E-state index >= 15 is 0 Å². The number of carbonyl (C=O) groups is 1. The lowest BCUT2D eigenvalue weighted by Gasteiger charge is -2.28. The van der Waals surface area contributed by atoms with Gasteiger partial charge < -0.3 is 10.2 Å². The van der Waals surface area contributed by atoms with E-state index in [-0.39, 0.29) is 23.9 Å². The van der Waals surface area contributed by atoms with Crippen LogP contribution in [-0.4, -0.2) is 40.2 Å². The zero-order valence-electron chi connectivity index (χ0n) is 17.5. The Bertz CT molecular complexity index is 1010. The molecule has 6 nitrogen and oxygen atoms in total. The molecule has 1 aliphatic heterocycles. The van der Waals surface area contributed by atoms with Gasteiger partial charge in [-0.2, -0.15) is 0 Å². The number of hydrogen-bond donors (Lipinski definition) is 1. The summed E-state index contributed by atoms with van der Waals surface area (Å²) in [6.45, 7) is 2.31. The van der Waals surface area contributed by atoms with Gasteiger partial charge in [-0.15, -0.1) is 0 Å². The van der Waals surface area contributed by atoms with Gasteiger partial charge in [0.25, 0.3) is 0 Å². The monoisotopic (exact) mass is 483 g/mol. The molecule has 1 amide bonds. The molecule has 0 saturated carbocycles. The van der Waals surface area contributed by atoms with E-state index in [2.05, 4.69) is 10.2 Å². The predicted molar refractivity (Wildman–Crippen MR) is 129 cm³/mol. The van der Waals surface area contributed by atoms with Crippen LogP contribution >= 0.6 is 23.2 Å². The maximum Gasteiger partial charge on any atom is 0.232 e. The van der Waals surface area contributed by atoms with Crippen molar-refractivity contribution in [1.29, 1.82) is 0 Å². The fraction of sp³-hybridized carbons (Fsp3) is 0.409. The lowest BCUT2D eigenvalue weighted by Crippen LogP contribution is -2.31. The highest BCUT2D eigenvalue weighted by atomic mass is 35.5. The van der Waals surface area contributed by atoms with Gasteiger partial charge in [-0.05, 0) is 68.1 Å². The second-order valence-electron chi connectivity index (χ2n) is 7.68. The van der Waals surface area contributed by atoms with Crippen molar-refractivity contribution in [2.75, 3.05) is 40.4 Å². The van der Waals surface area contributed by atoms with E-state index < -0.39 is 10.0 Å². The van der Waals surface area contributed by atoms with Crippen molar-refractivity contribution in [3.8, 4) is 0 Å². The maximum absolute atomic E-state index is 12.3. The van der Waals surface area contributed by atoms with E-state index in [1.165, 1.54) is 35.3 Å². The number of benzene rings is 2. The normalized spacial score (nSPS) is 14.4. The fourth-order valence-electron chi connectivity index (χ4n) is 3.64. The molecular weight excluding hydrogens is 457 g/mol. The summed E-state index contributed by atoms with van der Waals surface area (Å²) in [5.74, 6) is -0.159. The molecule has 0 bridgehead atoms. The van der Waals surface area contributed by atoms with Gasteiger partial charge in [0.1, 0.15) is 0 Å². The van der Waals surface area contributed by atoms with Crippen molar-refractivity contribution in [1.82, 2.24) is 0 Å². The van der Waals surface area contributed by atoms with Crippen LogP contribution in [-0.2, 0) is 14.8 Å². The second kappa shape index (κ2) is 10.6. The Morgan fingerprint density at radius 3 is 2.32 bits per heavy atom. The zero-order valence-corrected chi connectivity index (χ0v) is 19.8. The third-order valence-corrected chi connectivity index (χ3v) is 7.16. The maximum atomic E-state index is 12.3. The summed E-state index contributed by atoms with van der Waals surface area (Å²) in [5.41, 5.74) is 2.32. The smallest absolute Gasteiger partial charge is 0.232 e. The molecule has 2 aromatic rings. The molecule has 1 heterocycles. The van der Waals surface area contributed by atoms with Crippen LogP contribution in [0.25, 0.3) is 0 Å². The number of anilines is 3. The van der Waals surface area contributed by atoms with E-state index in [0.29, 0.717) is 17.1 Å². The van der Waals surface area contributed by atoms with Crippen LogP contribution in [0, 0.1) is 0 Å². The van der Waals surface area contributed by atoms with Crippen molar-refractivity contribution in [2.45, 2.75) is 32.1 Å². The standard InChI is InChI=1S/C22H27Cl2N3O3S/c1-31(29,30)27(19-11-12-20(23)21(24)16-19)15-5-6-22(28)25-17-7-9-18(10-8-17)26-13-3-2-4-14-26/h7-12,16H,2-6,13-15H2,1H3,(H,25,28). The van der Waals surface area contributed by atoms with Crippen LogP contribution in [0.4, 0.5) is 17.1 Å². The molecule has 0 aliphatic carbocycles. The van der Waals surface area contributed by atoms with Crippen LogP contribution in [0.15, 0.2) is 42.5 Å². The number of piperidine rings is 1. The molecule has 1 N–H and O–H groups in total. The first-order valence-electron chi connectivity index (χ1n) is 10.3. The van der Waals surface area contributed by atoms with Crippen molar-refractivity contribution < 1.29 is 13.2 Å². The number of carbonyl (C=O) groups excluding carboxylic acids is 1. The van der Waals surface area contributed by atoms with Crippen LogP contribution in [0.5, 0.6) is 0 Å². The number of nitrogens with zero attached hydrogens (tertiary/aromatic N) is 2. The van der Waals surface area contributed by atoms with E-state index in [4.69, 9.17) is 23.2 Å². The summed E-state index contributed by atoms with van der Waals surface area (Å²) in [4.78, 5) is 14.7. The lowest BCUT2D eigenvalue weighted by atomic mass is 10.1. The van der Waals surface area contributed by atoms with Gasteiger partial charge in [-0.3, -0.25) is 9.10 Å². The Balaban J connectivity index is 1.53. The molecule has 2 aromatic carbocycles. The summed E-state index contributed by atoms with van der Waals surface area (Å²) < 4.78 is 25.6. The van der Waals surface area contributed by atoms with Crippen molar-refractivity contribution in [3.63, 3.8) is 0 Å². The third kappa shape index (κ3) is 6.76. The first kappa shape index (κ1) is 23.7. The fourth-order valence-corrected chi connectivity index (χ4v) is 4.89. The Hall–Kier alpha value is -1.96. The van der Waals surface area contributed by atoms with Gasteiger partial charge in [-0.1, -0.05) is 23.2 Å². The van der Waals surface area contributed by atoms with Gasteiger partial charge >= 0.3 is 0 Å². The summed E-state index contributed by atoms with van der Waals surface area (Å²) >= 11 is 11.9. The molecule has 9 heteroatoms. The molecule has 1 fully saturated rings. The molecule has 1 aliphatic rings. The van der Waals surface area contributed by atoms with Crippen LogP contribution in [0.1, 0.15) is 32.1 Å². The Morgan fingerprint density at radius 1 is 1.03 bits per heavy atom. The minimum atomic E-state index is -3.52. The third-order valence-electron chi connectivity index (χ3n) is 5.23. The van der Waals surface area contributed by atoms with E-state index in [1.54, 1.807) is 12.1 Å². The Morgan fingerprint density at radius 2 is 1.71 bits per heavy atom. The second-order valence-corrected chi connectivity index (χ2v) is 10.4. The number of nitrogens with one attached hydrogen (secondary N) is 1. The molecule has 1 saturated heterocycles. The zero-order chi connectivity index (χ0) is 22.4. The number of sulfonamides is 1. The molecule has 0 radical (unpaired) electrons. The SMILES string of the molecule is CS(=O)(=O)N(CCCC(=O)Nc1ccc(N2CCCCC2)cc1)c1ccc(Cl)c(Cl)c1. The van der Waals surface area contributed by atoms with Crippen molar-refractivity contribution in [3.05, 3.63) is 52.5 Å². The highest BCUT2D eigenvalue weighted by Crippen LogP contribution is 2.28. The average molecular weight is 484 g/mol. The Kier molecular flexibility index (Phi) is 8.08. The molecule has 0 unspecified atom stereocenters. The van der Waals surface area contributed by atoms with Gasteiger partial charge in [0.05, 0.1) is 22.0 Å². The molecule has 3 rings (SSSR count). The minimum Gasteiger partial charge on any atom is -0.372 e. The quantitative estimate of drug-likeness (QED) is 0.562. The lowest BCUT2D eigenvalue weighted by molar-refractivity contribution is -0.116. The number of rotatable bonds is 8. The van der Waals surface area contributed by atoms with Gasteiger partial charge in [0.2, 0.25) is 15.9 Å². The van der Waals surface area contributed by atoms with Crippen LogP contribution < -0.4 is 14.5 Å². The average Bonchev–Trinajstić information content (AvgIpc) is 2.74. The number of halogens is 2. The minimum absolute atomic E-state index is 0.159. The molecular formula is C22H27Cl2N3O3S. The first-order chi connectivity index (χ1) is 14.7. The van der Waals surface area contributed by atoms with Crippen molar-refractivity contribution >= 4 is 56.2 Å². The summed E-state index contributed by atoms with van der Waals surface area (Å²) in [5, 5.41) is 3.50. The van der Waals surface area contributed by atoms with Crippen LogP contribution in [0.2, 0.25) is 10.0 Å². The highest BCUT2D eigenvalue weighted by Gasteiger charge is 2.19. The van der Waals surface area contributed by atoms with E-state index in [9.17, 15) is 13.2 Å². The van der Waals surface area contributed by atoms with Gasteiger partial charge in [-0.25, -0.2) is 8.42 Å². The molecule has 0 atom stereocenters. The van der Waals surface area contributed by atoms with Gasteiger partial charge in [0, 0.05) is 37.4 Å². The van der Waals surface area contributed by atoms with Crippen molar-refractivity contribution in [2.24, 2.45) is 0 Å². The predicted octanol–water partition coefficient (Wildman–Crippen LogP) is 5.17.